The van der Waals surface area contributed by atoms with Crippen molar-refractivity contribution in [1.82, 2.24) is 9.79 Å². The van der Waals surface area contributed by atoms with Crippen LogP contribution in [0.25, 0.3) is 0 Å². The van der Waals surface area contributed by atoms with Crippen LogP contribution in [-0.2, 0) is 14.9 Å². The van der Waals surface area contributed by atoms with Gasteiger partial charge in [0.2, 0.25) is 0 Å². The van der Waals surface area contributed by atoms with E-state index in [4.69, 9.17) is 16.4 Å². The van der Waals surface area contributed by atoms with Crippen molar-refractivity contribution in [3.8, 4) is 0 Å². The third kappa shape index (κ3) is 3.60. The maximum Gasteiger partial charge on any atom is 0.266 e. The minimum absolute atomic E-state index is 0.0429. The molecule has 0 heterocycles. The summed E-state index contributed by atoms with van der Waals surface area (Å²) in [6.45, 7) is 0. The third-order valence-electron chi connectivity index (χ3n) is 3.76. The van der Waals surface area contributed by atoms with Gasteiger partial charge in [0.05, 0.1) is 12.1 Å². The molecule has 1 amide bonds. The summed E-state index contributed by atoms with van der Waals surface area (Å²) in [5.74, 6) is -0.292. The van der Waals surface area contributed by atoms with E-state index in [0.29, 0.717) is 4.47 Å². The van der Waals surface area contributed by atoms with Crippen molar-refractivity contribution in [2.45, 2.75) is 36.6 Å². The molecule has 0 radical (unpaired) electrons. The van der Waals surface area contributed by atoms with Crippen LogP contribution >= 0.6 is 11.6 Å². The van der Waals surface area contributed by atoms with Gasteiger partial charge in [-0.2, -0.15) is 0 Å². The molecule has 1 aromatic carbocycles. The summed E-state index contributed by atoms with van der Waals surface area (Å²) >= 11 is 5.96. The summed E-state index contributed by atoms with van der Waals surface area (Å²) in [6, 6.07) is 4.35. The summed E-state index contributed by atoms with van der Waals surface area (Å²) in [4.78, 5) is 16.8. The molecule has 8 heteroatoms. The van der Waals surface area contributed by atoms with Gasteiger partial charge in [0.1, 0.15) is 4.90 Å². The Hall–Kier alpha value is -1.15. The van der Waals surface area contributed by atoms with Crippen LogP contribution in [0.2, 0.25) is 5.02 Å². The molecule has 0 aliphatic heterocycles. The smallest absolute Gasteiger partial charge is 0.266 e. The second kappa shape index (κ2) is 6.95. The van der Waals surface area contributed by atoms with Crippen molar-refractivity contribution in [2.24, 2.45) is 0 Å². The maximum atomic E-state index is 12.3. The lowest BCUT2D eigenvalue weighted by Crippen LogP contribution is -2.33. The Balaban J connectivity index is 2.28. The van der Waals surface area contributed by atoms with Crippen LogP contribution in [0.1, 0.15) is 36.0 Å². The predicted octanol–water partition coefficient (Wildman–Crippen LogP) is 2.19. The Bertz CT molecular complexity index is 657. The molecule has 122 valence electrons. The van der Waals surface area contributed by atoms with Crippen LogP contribution < -0.4 is 5.32 Å². The number of benzene rings is 1. The minimum atomic E-state index is -3.90. The lowest BCUT2D eigenvalue weighted by Gasteiger charge is -2.16. The Labute approximate surface area is 135 Å². The monoisotopic (exact) mass is 346 g/mol. The average molecular weight is 347 g/mol. The molecule has 0 aromatic heterocycles. The van der Waals surface area contributed by atoms with Gasteiger partial charge in [-0.1, -0.05) is 28.9 Å². The lowest BCUT2D eigenvalue weighted by atomic mass is 10.2. The van der Waals surface area contributed by atoms with E-state index < -0.39 is 10.0 Å². The van der Waals surface area contributed by atoms with Crippen LogP contribution in [0.4, 0.5) is 0 Å². The van der Waals surface area contributed by atoms with E-state index in [9.17, 15) is 13.2 Å². The fourth-order valence-electron chi connectivity index (χ4n) is 2.42. The number of nitrogens with zero attached hydrogens (tertiary/aromatic N) is 1. The molecule has 22 heavy (non-hydrogen) atoms. The average Bonchev–Trinajstić information content (AvgIpc) is 2.99. The fourth-order valence-corrected chi connectivity index (χ4v) is 3.89. The van der Waals surface area contributed by atoms with E-state index in [1.165, 1.54) is 32.4 Å². The molecule has 0 spiro atoms. The van der Waals surface area contributed by atoms with Crippen LogP contribution in [0.15, 0.2) is 23.1 Å². The zero-order chi connectivity index (χ0) is 16.3. The van der Waals surface area contributed by atoms with Crippen LogP contribution in [0.5, 0.6) is 0 Å². The van der Waals surface area contributed by atoms with E-state index in [1.807, 2.05) is 0 Å². The van der Waals surface area contributed by atoms with Crippen molar-refractivity contribution in [1.29, 1.82) is 0 Å². The van der Waals surface area contributed by atoms with Gasteiger partial charge in [-0.25, -0.2) is 8.42 Å². The Morgan fingerprint density at radius 1 is 1.36 bits per heavy atom. The van der Waals surface area contributed by atoms with Gasteiger partial charge < -0.3 is 5.32 Å². The molecule has 6 nitrogen and oxygen atoms in total. The first-order valence-electron chi connectivity index (χ1n) is 6.99. The zero-order valence-electron chi connectivity index (χ0n) is 12.5. The largest absolute Gasteiger partial charge is 0.349 e. The minimum Gasteiger partial charge on any atom is -0.349 e. The highest BCUT2D eigenvalue weighted by molar-refractivity contribution is 7.89. The van der Waals surface area contributed by atoms with Gasteiger partial charge in [-0.15, -0.1) is 0 Å². The molecule has 0 saturated heterocycles. The second-order valence-corrected chi connectivity index (χ2v) is 7.51. The van der Waals surface area contributed by atoms with Crippen LogP contribution in [0.3, 0.4) is 0 Å². The molecule has 0 bridgehead atoms. The molecule has 0 atom stereocenters. The molecule has 2 rings (SSSR count). The first-order chi connectivity index (χ1) is 10.4. The highest BCUT2D eigenvalue weighted by Gasteiger charge is 2.26. The predicted molar refractivity (Wildman–Crippen MR) is 83.1 cm³/mol. The Morgan fingerprint density at radius 3 is 2.59 bits per heavy atom. The summed E-state index contributed by atoms with van der Waals surface area (Å²) in [5.41, 5.74) is 0.263. The first kappa shape index (κ1) is 17.2. The van der Waals surface area contributed by atoms with Crippen LogP contribution in [0, 0.1) is 0 Å². The molecule has 1 aliphatic rings. The van der Waals surface area contributed by atoms with E-state index in [0.717, 1.165) is 25.7 Å². The number of halogens is 1. The van der Waals surface area contributed by atoms with Crippen molar-refractivity contribution < 1.29 is 18.0 Å². The normalized spacial score (nSPS) is 16.2. The topological polar surface area (TPSA) is 75.7 Å². The molecular weight excluding hydrogens is 328 g/mol. The Morgan fingerprint density at radius 2 is 2.00 bits per heavy atom. The number of nitrogens with one attached hydrogen (secondary N) is 1. The lowest BCUT2D eigenvalue weighted by molar-refractivity contribution is -0.0258. The maximum absolute atomic E-state index is 12.3. The van der Waals surface area contributed by atoms with Crippen LogP contribution in [-0.4, -0.2) is 39.0 Å². The zero-order valence-corrected chi connectivity index (χ0v) is 14.1. The van der Waals surface area contributed by atoms with E-state index >= 15 is 0 Å². The third-order valence-corrected chi connectivity index (χ3v) is 5.92. The van der Waals surface area contributed by atoms with Crippen molar-refractivity contribution in [2.75, 3.05) is 14.2 Å². The highest BCUT2D eigenvalue weighted by atomic mass is 35.5. The molecule has 1 aliphatic carbocycles. The van der Waals surface area contributed by atoms with Gasteiger partial charge in [-0.3, -0.25) is 9.63 Å². The van der Waals surface area contributed by atoms with Crippen molar-refractivity contribution >= 4 is 27.5 Å². The van der Waals surface area contributed by atoms with Crippen molar-refractivity contribution in [3.63, 3.8) is 0 Å². The molecule has 1 saturated carbocycles. The number of rotatable bonds is 5. The van der Waals surface area contributed by atoms with Crippen molar-refractivity contribution in [3.05, 3.63) is 28.8 Å². The van der Waals surface area contributed by atoms with Gasteiger partial charge in [0.25, 0.3) is 15.9 Å². The molecule has 1 fully saturated rings. The van der Waals surface area contributed by atoms with E-state index in [1.54, 1.807) is 0 Å². The molecule has 1 N–H and O–H groups in total. The number of amides is 1. The van der Waals surface area contributed by atoms with Gasteiger partial charge in [0, 0.05) is 18.7 Å². The SMILES string of the molecule is CON(C)S(=O)(=O)c1cc(C(=O)NC2CCCC2)ccc1Cl. The first-order valence-corrected chi connectivity index (χ1v) is 8.81. The number of hydroxylamine groups is 1. The quantitative estimate of drug-likeness (QED) is 0.829. The summed E-state index contributed by atoms with van der Waals surface area (Å²) in [7, 11) is -1.40. The summed E-state index contributed by atoms with van der Waals surface area (Å²) in [5, 5.41) is 2.96. The van der Waals surface area contributed by atoms with Gasteiger partial charge in [-0.05, 0) is 31.0 Å². The summed E-state index contributed by atoms with van der Waals surface area (Å²) < 4.78 is 25.3. The molecule has 0 unspecified atom stereocenters. The highest BCUT2D eigenvalue weighted by Crippen LogP contribution is 2.26. The van der Waals surface area contributed by atoms with E-state index in [-0.39, 0.29) is 27.4 Å². The standard InChI is InChI=1S/C14H19ClN2O4S/c1-17(21-2)22(19,20)13-9-10(7-8-12(13)15)14(18)16-11-5-3-4-6-11/h7-9,11H,3-6H2,1-2H3,(H,16,18). The Kier molecular flexibility index (Phi) is 5.44. The van der Waals surface area contributed by atoms with Gasteiger partial charge in [0.15, 0.2) is 0 Å². The number of hydrogen-bond donors (Lipinski definition) is 1. The number of carbonyl (C=O) groups is 1. The molecule has 1 aromatic rings. The second-order valence-electron chi connectivity index (χ2n) is 5.20. The number of hydrogen-bond acceptors (Lipinski definition) is 4. The van der Waals surface area contributed by atoms with E-state index in [2.05, 4.69) is 5.32 Å². The fraction of sp³-hybridized carbons (Fsp3) is 0.500. The number of sulfonamides is 1. The number of carbonyl (C=O) groups excluding carboxylic acids is 1. The summed E-state index contributed by atoms with van der Waals surface area (Å²) in [6.07, 6.45) is 4.11. The molecular formula is C14H19ClN2O4S. The van der Waals surface area contributed by atoms with Gasteiger partial charge >= 0.3 is 0 Å².